The van der Waals surface area contributed by atoms with Gasteiger partial charge in [-0.3, -0.25) is 4.79 Å². The van der Waals surface area contributed by atoms with E-state index < -0.39 is 5.25 Å². The van der Waals surface area contributed by atoms with E-state index in [1.807, 2.05) is 74.5 Å². The molecule has 0 aliphatic carbocycles. The van der Waals surface area contributed by atoms with Crippen LogP contribution < -0.4 is 5.32 Å². The van der Waals surface area contributed by atoms with Crippen molar-refractivity contribution in [3.8, 4) is 0 Å². The van der Waals surface area contributed by atoms with Crippen molar-refractivity contribution in [2.24, 2.45) is 0 Å². The lowest BCUT2D eigenvalue weighted by Gasteiger charge is -2.15. The molecule has 0 aliphatic heterocycles. The summed E-state index contributed by atoms with van der Waals surface area (Å²) in [6, 6.07) is 19.1. The lowest BCUT2D eigenvalue weighted by molar-refractivity contribution is -0.115. The Balaban J connectivity index is 1.86. The number of hydrogen-bond acceptors (Lipinski definition) is 4. The van der Waals surface area contributed by atoms with E-state index in [1.54, 1.807) is 0 Å². The van der Waals surface area contributed by atoms with Crippen LogP contribution in [-0.4, -0.2) is 10.9 Å². The van der Waals surface area contributed by atoms with Gasteiger partial charge in [0.2, 0.25) is 5.91 Å². The molecule has 3 rings (SSSR count). The van der Waals surface area contributed by atoms with Crippen LogP contribution in [0.25, 0.3) is 0 Å². The van der Waals surface area contributed by atoms with Crippen molar-refractivity contribution < 1.29 is 9.21 Å². The SMILES string of the molecule is Cc1nc(SC(C(=O)Nc2ccccc2)c2ccccc2)oc1C. The molecule has 2 aromatic carbocycles. The molecule has 1 N–H and O–H groups in total. The molecule has 122 valence electrons. The Morgan fingerprint density at radius 2 is 1.67 bits per heavy atom. The summed E-state index contributed by atoms with van der Waals surface area (Å²) in [5.74, 6) is 0.665. The molecule has 0 radical (unpaired) electrons. The standard InChI is InChI=1S/C19H18N2O2S/c1-13-14(2)23-19(20-13)24-17(15-9-5-3-6-10-15)18(22)21-16-11-7-4-8-12-16/h3-12,17H,1-2H3,(H,21,22). The van der Waals surface area contributed by atoms with E-state index in [0.29, 0.717) is 5.22 Å². The molecule has 1 heterocycles. The molecule has 0 aliphatic rings. The quantitative estimate of drug-likeness (QED) is 0.681. The van der Waals surface area contributed by atoms with E-state index in [4.69, 9.17) is 4.42 Å². The zero-order valence-corrected chi connectivity index (χ0v) is 14.3. The van der Waals surface area contributed by atoms with Gasteiger partial charge in [0.1, 0.15) is 11.0 Å². The number of benzene rings is 2. The minimum absolute atomic E-state index is 0.106. The zero-order valence-electron chi connectivity index (χ0n) is 13.5. The van der Waals surface area contributed by atoms with Crippen LogP contribution in [0.4, 0.5) is 5.69 Å². The Kier molecular flexibility index (Phi) is 5.01. The highest BCUT2D eigenvalue weighted by molar-refractivity contribution is 8.00. The molecule has 0 bridgehead atoms. The highest BCUT2D eigenvalue weighted by Crippen LogP contribution is 2.36. The van der Waals surface area contributed by atoms with Crippen molar-refractivity contribution in [2.45, 2.75) is 24.3 Å². The maximum atomic E-state index is 12.8. The number of aromatic nitrogens is 1. The van der Waals surface area contributed by atoms with Crippen molar-refractivity contribution in [2.75, 3.05) is 5.32 Å². The second kappa shape index (κ2) is 7.36. The van der Waals surface area contributed by atoms with Crippen LogP contribution in [0.1, 0.15) is 22.3 Å². The van der Waals surface area contributed by atoms with Gasteiger partial charge in [-0.25, -0.2) is 4.98 Å². The minimum Gasteiger partial charge on any atom is -0.437 e. The molecular formula is C19H18N2O2S. The fraction of sp³-hybridized carbons (Fsp3) is 0.158. The third kappa shape index (κ3) is 3.86. The fourth-order valence-corrected chi connectivity index (χ4v) is 3.25. The van der Waals surface area contributed by atoms with Crippen LogP contribution in [0.2, 0.25) is 0 Å². The average Bonchev–Trinajstić information content (AvgIpc) is 2.92. The summed E-state index contributed by atoms with van der Waals surface area (Å²) < 4.78 is 5.64. The molecule has 1 amide bonds. The summed E-state index contributed by atoms with van der Waals surface area (Å²) in [6.45, 7) is 3.76. The van der Waals surface area contributed by atoms with Crippen LogP contribution in [0, 0.1) is 13.8 Å². The number of oxazole rings is 1. The molecule has 0 saturated carbocycles. The monoisotopic (exact) mass is 338 g/mol. The van der Waals surface area contributed by atoms with Gasteiger partial charge in [-0.05, 0) is 43.3 Å². The van der Waals surface area contributed by atoms with E-state index in [-0.39, 0.29) is 5.91 Å². The molecule has 1 unspecified atom stereocenters. The number of anilines is 1. The third-order valence-corrected chi connectivity index (χ3v) is 4.71. The second-order valence-electron chi connectivity index (χ2n) is 5.39. The lowest BCUT2D eigenvalue weighted by atomic mass is 10.1. The second-order valence-corrected chi connectivity index (χ2v) is 6.44. The first-order valence-corrected chi connectivity index (χ1v) is 8.53. The summed E-state index contributed by atoms with van der Waals surface area (Å²) in [5, 5.41) is 3.01. The Labute approximate surface area is 145 Å². The van der Waals surface area contributed by atoms with Gasteiger partial charge in [-0.2, -0.15) is 0 Å². The van der Waals surface area contributed by atoms with Crippen LogP contribution in [0.3, 0.4) is 0 Å². The average molecular weight is 338 g/mol. The number of aryl methyl sites for hydroxylation is 2. The molecule has 0 fully saturated rings. The number of thioether (sulfide) groups is 1. The van der Waals surface area contributed by atoms with Crippen molar-refractivity contribution in [3.05, 3.63) is 77.7 Å². The van der Waals surface area contributed by atoms with Crippen LogP contribution in [0.5, 0.6) is 0 Å². The van der Waals surface area contributed by atoms with Gasteiger partial charge >= 0.3 is 0 Å². The smallest absolute Gasteiger partial charge is 0.257 e. The number of carbonyl (C=O) groups excluding carboxylic acids is 1. The van der Waals surface area contributed by atoms with E-state index >= 15 is 0 Å². The first-order chi connectivity index (χ1) is 11.6. The number of para-hydroxylation sites is 1. The van der Waals surface area contributed by atoms with Gasteiger partial charge in [-0.1, -0.05) is 48.5 Å². The van der Waals surface area contributed by atoms with Crippen LogP contribution >= 0.6 is 11.8 Å². The van der Waals surface area contributed by atoms with Crippen molar-refractivity contribution in [1.29, 1.82) is 0 Å². The predicted molar refractivity (Wildman–Crippen MR) is 96.1 cm³/mol. The normalized spacial score (nSPS) is 11.9. The van der Waals surface area contributed by atoms with Crippen molar-refractivity contribution in [1.82, 2.24) is 4.98 Å². The Hall–Kier alpha value is -2.53. The number of hydrogen-bond donors (Lipinski definition) is 1. The maximum absolute atomic E-state index is 12.8. The van der Waals surface area contributed by atoms with Crippen LogP contribution in [0.15, 0.2) is 70.3 Å². The first kappa shape index (κ1) is 16.3. The fourth-order valence-electron chi connectivity index (χ4n) is 2.22. The van der Waals surface area contributed by atoms with Gasteiger partial charge in [-0.15, -0.1) is 0 Å². The molecule has 0 spiro atoms. The summed E-state index contributed by atoms with van der Waals surface area (Å²) in [7, 11) is 0. The Morgan fingerprint density at radius 1 is 1.04 bits per heavy atom. The van der Waals surface area contributed by atoms with E-state index in [2.05, 4.69) is 10.3 Å². The molecule has 4 nitrogen and oxygen atoms in total. The van der Waals surface area contributed by atoms with Crippen molar-refractivity contribution >= 4 is 23.4 Å². The lowest BCUT2D eigenvalue weighted by Crippen LogP contribution is -2.19. The van der Waals surface area contributed by atoms with E-state index in [1.165, 1.54) is 11.8 Å². The summed E-state index contributed by atoms with van der Waals surface area (Å²) in [4.78, 5) is 17.2. The topological polar surface area (TPSA) is 55.1 Å². The van der Waals surface area contributed by atoms with Gasteiger partial charge in [0.25, 0.3) is 5.22 Å². The number of carbonyl (C=O) groups is 1. The maximum Gasteiger partial charge on any atom is 0.257 e. The highest BCUT2D eigenvalue weighted by atomic mass is 32.2. The largest absolute Gasteiger partial charge is 0.437 e. The molecule has 1 atom stereocenters. The molecule has 3 aromatic rings. The van der Waals surface area contributed by atoms with Gasteiger partial charge in [0.15, 0.2) is 0 Å². The van der Waals surface area contributed by atoms with Crippen molar-refractivity contribution in [3.63, 3.8) is 0 Å². The molecule has 0 saturated heterocycles. The Morgan fingerprint density at radius 3 is 2.25 bits per heavy atom. The van der Waals surface area contributed by atoms with Gasteiger partial charge in [0, 0.05) is 5.69 Å². The molecule has 1 aromatic heterocycles. The Bertz CT molecular complexity index is 796. The number of amides is 1. The minimum atomic E-state index is -0.441. The summed E-state index contributed by atoms with van der Waals surface area (Å²) in [6.07, 6.45) is 0. The third-order valence-electron chi connectivity index (χ3n) is 3.61. The molecule has 24 heavy (non-hydrogen) atoms. The van der Waals surface area contributed by atoms with E-state index in [9.17, 15) is 4.79 Å². The number of nitrogens with zero attached hydrogens (tertiary/aromatic N) is 1. The molecule has 5 heteroatoms. The molecular weight excluding hydrogens is 320 g/mol. The summed E-state index contributed by atoms with van der Waals surface area (Å²) >= 11 is 1.31. The zero-order chi connectivity index (χ0) is 16.9. The highest BCUT2D eigenvalue weighted by Gasteiger charge is 2.24. The predicted octanol–water partition coefficient (Wildman–Crippen LogP) is 4.76. The van der Waals surface area contributed by atoms with Gasteiger partial charge < -0.3 is 9.73 Å². The number of nitrogens with one attached hydrogen (secondary N) is 1. The number of rotatable bonds is 5. The van der Waals surface area contributed by atoms with E-state index in [0.717, 1.165) is 22.7 Å². The van der Waals surface area contributed by atoms with Crippen LogP contribution in [-0.2, 0) is 4.79 Å². The first-order valence-electron chi connectivity index (χ1n) is 7.65. The summed E-state index contributed by atoms with van der Waals surface area (Å²) in [5.41, 5.74) is 2.51. The van der Waals surface area contributed by atoms with Gasteiger partial charge in [0.05, 0.1) is 5.69 Å².